The second-order valence-electron chi connectivity index (χ2n) is 1.71. The minimum absolute atomic E-state index is 1.50. The predicted molar refractivity (Wildman–Crippen MR) is 53.4 cm³/mol. The molecule has 0 aliphatic heterocycles. The summed E-state index contributed by atoms with van der Waals surface area (Å²) in [7, 11) is -3.01. The maximum absolute atomic E-state index is 10.1. The molecule has 0 saturated carbocycles. The second kappa shape index (κ2) is 9.54. The average molecular weight is 289 g/mol. The predicted octanol–water partition coefficient (Wildman–Crippen LogP) is 0.427. The van der Waals surface area contributed by atoms with Gasteiger partial charge in [0.25, 0.3) is 0 Å². The van der Waals surface area contributed by atoms with Gasteiger partial charge in [-0.3, -0.25) is 9.11 Å². The molecular formula is C4H6N2O7PS2+. The van der Waals surface area contributed by atoms with Crippen LogP contribution in [0.1, 0.15) is 0 Å². The van der Waals surface area contributed by atoms with Gasteiger partial charge in [-0.15, -0.1) is 0 Å². The van der Waals surface area contributed by atoms with Crippen molar-refractivity contribution >= 4 is 31.0 Å². The van der Waals surface area contributed by atoms with Crippen molar-refractivity contribution in [2.75, 3.05) is 0 Å². The van der Waals surface area contributed by atoms with Crippen molar-refractivity contribution in [1.82, 2.24) is 9.97 Å². The van der Waals surface area contributed by atoms with Gasteiger partial charge in [-0.1, -0.05) is 0 Å². The van der Waals surface area contributed by atoms with E-state index in [0.717, 1.165) is 0 Å². The Balaban J connectivity index is 0.000000315. The number of rotatable bonds is 4. The van der Waals surface area contributed by atoms with E-state index in [2.05, 4.69) is 17.9 Å². The molecule has 2 N–H and O–H groups in total. The first kappa shape index (κ1) is 15.3. The van der Waals surface area contributed by atoms with E-state index in [4.69, 9.17) is 9.11 Å². The van der Waals surface area contributed by atoms with Crippen LogP contribution in [0.25, 0.3) is 0 Å². The summed E-state index contributed by atoms with van der Waals surface area (Å²) in [5.74, 6) is 0. The Bertz CT molecular complexity index is 318. The molecule has 0 aliphatic carbocycles. The maximum atomic E-state index is 10.1. The first-order valence-corrected chi connectivity index (χ1v) is 6.44. The Morgan fingerprint density at radius 2 is 1.50 bits per heavy atom. The fourth-order valence-electron chi connectivity index (χ4n) is 0.370. The highest BCUT2D eigenvalue weighted by atomic mass is 32.2. The van der Waals surface area contributed by atoms with Gasteiger partial charge in [0, 0.05) is 24.9 Å². The fourth-order valence-corrected chi connectivity index (χ4v) is 1.53. The molecule has 0 fully saturated rings. The SMILES string of the molecule is O=[P+](OS(=O)O)OS(=O)O.c1cncnc1. The van der Waals surface area contributed by atoms with Crippen LogP contribution in [-0.4, -0.2) is 27.5 Å². The minimum atomic E-state index is -3.01. The molecule has 0 spiro atoms. The number of nitrogens with zero attached hydrogens (tertiary/aromatic N) is 2. The van der Waals surface area contributed by atoms with Crippen molar-refractivity contribution < 1.29 is 30.0 Å². The number of hydrogen-bond donors (Lipinski definition) is 2. The van der Waals surface area contributed by atoms with Gasteiger partial charge in [0.2, 0.25) is 0 Å². The van der Waals surface area contributed by atoms with Crippen molar-refractivity contribution in [3.8, 4) is 0 Å². The molecule has 1 rings (SSSR count). The lowest BCUT2D eigenvalue weighted by Gasteiger charge is -1.77. The highest BCUT2D eigenvalue weighted by molar-refractivity contribution is 7.82. The van der Waals surface area contributed by atoms with E-state index in [1.165, 1.54) is 6.33 Å². The summed E-state index contributed by atoms with van der Waals surface area (Å²) in [5, 5.41) is 0. The Morgan fingerprint density at radius 3 is 1.69 bits per heavy atom. The van der Waals surface area contributed by atoms with Crippen LogP contribution in [0.3, 0.4) is 0 Å². The summed E-state index contributed by atoms with van der Waals surface area (Å²) in [6.07, 6.45) is 4.88. The zero-order valence-corrected chi connectivity index (χ0v) is 9.93. The molecule has 0 saturated heterocycles. The van der Waals surface area contributed by atoms with E-state index in [0.29, 0.717) is 0 Å². The smallest absolute Gasteiger partial charge is 0.281 e. The Hall–Kier alpha value is -0.680. The monoisotopic (exact) mass is 289 g/mol. The molecule has 12 heteroatoms. The first-order valence-electron chi connectivity index (χ1n) is 3.28. The largest absolute Gasteiger partial charge is 0.732 e. The molecule has 9 nitrogen and oxygen atoms in total. The zero-order valence-electron chi connectivity index (χ0n) is 7.40. The molecule has 1 heterocycles. The summed E-state index contributed by atoms with van der Waals surface area (Å²) in [6, 6.07) is 1.78. The van der Waals surface area contributed by atoms with Crippen LogP contribution in [-0.2, 0) is 35.2 Å². The van der Waals surface area contributed by atoms with Crippen LogP contribution in [0.2, 0.25) is 0 Å². The van der Waals surface area contributed by atoms with Crippen LogP contribution >= 0.6 is 8.25 Å². The fraction of sp³-hybridized carbons (Fsp3) is 0. The van der Waals surface area contributed by atoms with Crippen molar-refractivity contribution in [3.63, 3.8) is 0 Å². The van der Waals surface area contributed by atoms with Crippen LogP contribution in [0, 0.1) is 0 Å². The van der Waals surface area contributed by atoms with Gasteiger partial charge in [0.05, 0.1) is 0 Å². The Morgan fingerprint density at radius 1 is 1.06 bits per heavy atom. The molecule has 1 aromatic rings. The van der Waals surface area contributed by atoms with Crippen molar-refractivity contribution in [3.05, 3.63) is 24.8 Å². The van der Waals surface area contributed by atoms with Gasteiger partial charge in [-0.05, 0) is 6.07 Å². The number of hydrogen-bond acceptors (Lipinski definition) is 7. The summed E-state index contributed by atoms with van der Waals surface area (Å²) >= 11 is -5.53. The zero-order chi connectivity index (χ0) is 12.4. The van der Waals surface area contributed by atoms with Gasteiger partial charge >= 0.3 is 31.0 Å². The highest BCUT2D eigenvalue weighted by Crippen LogP contribution is 2.25. The highest BCUT2D eigenvalue weighted by Gasteiger charge is 2.28. The Labute approximate surface area is 96.2 Å². The molecule has 90 valence electrons. The van der Waals surface area contributed by atoms with E-state index in [9.17, 15) is 13.0 Å². The lowest BCUT2D eigenvalue weighted by Crippen LogP contribution is -1.90. The van der Waals surface area contributed by atoms with Crippen LogP contribution < -0.4 is 0 Å². The Kier molecular flexibility index (Phi) is 9.13. The van der Waals surface area contributed by atoms with Crippen molar-refractivity contribution in [2.24, 2.45) is 0 Å². The van der Waals surface area contributed by atoms with E-state index in [1.807, 2.05) is 0 Å². The number of aromatic nitrogens is 2. The van der Waals surface area contributed by atoms with Crippen LogP contribution in [0.15, 0.2) is 24.8 Å². The average Bonchev–Trinajstić information content (AvgIpc) is 2.18. The lowest BCUT2D eigenvalue weighted by atomic mass is 10.7. The van der Waals surface area contributed by atoms with Gasteiger partial charge < -0.3 is 0 Å². The van der Waals surface area contributed by atoms with Crippen LogP contribution in [0.4, 0.5) is 0 Å². The van der Waals surface area contributed by atoms with E-state index in [-0.39, 0.29) is 0 Å². The molecule has 0 aromatic carbocycles. The third kappa shape index (κ3) is 11.4. The lowest BCUT2D eigenvalue weighted by molar-refractivity contribution is 0.388. The summed E-state index contributed by atoms with van der Waals surface area (Å²) in [6.45, 7) is 0. The van der Waals surface area contributed by atoms with Crippen LogP contribution in [0.5, 0.6) is 0 Å². The molecule has 0 radical (unpaired) electrons. The normalized spacial score (nSPS) is 14.2. The van der Waals surface area contributed by atoms with Crippen molar-refractivity contribution in [1.29, 1.82) is 0 Å². The van der Waals surface area contributed by atoms with E-state index >= 15 is 0 Å². The van der Waals surface area contributed by atoms with Crippen molar-refractivity contribution in [2.45, 2.75) is 0 Å². The summed E-state index contributed by atoms with van der Waals surface area (Å²) < 4.78 is 52.1. The minimum Gasteiger partial charge on any atom is -0.281 e. The molecule has 0 bridgehead atoms. The topological polar surface area (TPSA) is 136 Å². The molecular weight excluding hydrogens is 283 g/mol. The molecule has 0 amide bonds. The third-order valence-electron chi connectivity index (χ3n) is 0.727. The summed E-state index contributed by atoms with van der Waals surface area (Å²) in [5.41, 5.74) is 0. The van der Waals surface area contributed by atoms with E-state index in [1.54, 1.807) is 18.5 Å². The van der Waals surface area contributed by atoms with E-state index < -0.39 is 31.0 Å². The maximum Gasteiger partial charge on any atom is 0.732 e. The van der Waals surface area contributed by atoms with Gasteiger partial charge in [0.1, 0.15) is 6.33 Å². The summed E-state index contributed by atoms with van der Waals surface area (Å²) in [4.78, 5) is 7.35. The molecule has 2 unspecified atom stereocenters. The molecule has 1 aromatic heterocycles. The second-order valence-corrected chi connectivity index (χ2v) is 4.22. The first-order chi connectivity index (χ1) is 7.52. The molecule has 0 aliphatic rings. The van der Waals surface area contributed by atoms with Gasteiger partial charge in [-0.2, -0.15) is 8.42 Å². The standard InChI is InChI=1S/C4H4N2.HO7PS2/c1-2-5-4-6-3-1;1-8(6-9(2)3)7-10(4)5/h1-4H;(H-,2,3,4,5)/p+1. The quantitative estimate of drug-likeness (QED) is 0.597. The van der Waals surface area contributed by atoms with Gasteiger partial charge in [-0.25, -0.2) is 9.97 Å². The molecule has 16 heavy (non-hydrogen) atoms. The third-order valence-corrected chi connectivity index (χ3v) is 2.72. The van der Waals surface area contributed by atoms with Gasteiger partial charge in [0.15, 0.2) is 0 Å². The molecule has 2 atom stereocenters.